The number of phenols is 1. The molecule has 142 valence electrons. The maximum absolute atomic E-state index is 9.89. The molecule has 0 amide bonds. The van der Waals surface area contributed by atoms with Gasteiger partial charge in [0.05, 0.1) is 12.3 Å². The molecular formula is C24H25N3O. The standard InChI is InChI=1S/C24H25N3O/c28-23-14-8-7-13-22(23)19-25-27-17-15-26(16-18-27)24(20-9-3-1-4-10-20)21-11-5-2-6-12-21/h1-14,19,24,28H,15-18H2. The zero-order valence-corrected chi connectivity index (χ0v) is 15.9. The Morgan fingerprint density at radius 3 is 1.82 bits per heavy atom. The van der Waals surface area contributed by atoms with Crippen molar-refractivity contribution in [3.63, 3.8) is 0 Å². The van der Waals surface area contributed by atoms with Crippen molar-refractivity contribution in [3.05, 3.63) is 102 Å². The van der Waals surface area contributed by atoms with E-state index in [1.807, 2.05) is 18.2 Å². The lowest BCUT2D eigenvalue weighted by Gasteiger charge is -2.38. The van der Waals surface area contributed by atoms with Gasteiger partial charge in [-0.25, -0.2) is 0 Å². The number of hydrazone groups is 1. The summed E-state index contributed by atoms with van der Waals surface area (Å²) in [5, 5.41) is 16.5. The maximum Gasteiger partial charge on any atom is 0.124 e. The normalized spacial score (nSPS) is 15.4. The van der Waals surface area contributed by atoms with Gasteiger partial charge in [0.25, 0.3) is 0 Å². The molecule has 0 unspecified atom stereocenters. The minimum atomic E-state index is 0.256. The lowest BCUT2D eigenvalue weighted by Crippen LogP contribution is -2.45. The number of para-hydroxylation sites is 1. The summed E-state index contributed by atoms with van der Waals surface area (Å²) in [6.07, 6.45) is 1.75. The lowest BCUT2D eigenvalue weighted by atomic mass is 9.96. The summed E-state index contributed by atoms with van der Waals surface area (Å²) in [7, 11) is 0. The molecule has 0 saturated carbocycles. The fourth-order valence-electron chi connectivity index (χ4n) is 3.71. The molecule has 0 aromatic heterocycles. The molecule has 4 nitrogen and oxygen atoms in total. The number of piperazine rings is 1. The third-order valence-corrected chi connectivity index (χ3v) is 5.18. The van der Waals surface area contributed by atoms with Gasteiger partial charge in [0.2, 0.25) is 0 Å². The first kappa shape index (κ1) is 18.3. The molecule has 3 aromatic carbocycles. The van der Waals surface area contributed by atoms with Gasteiger partial charge in [-0.1, -0.05) is 72.8 Å². The first-order chi connectivity index (χ1) is 13.8. The van der Waals surface area contributed by atoms with Gasteiger partial charge in [-0.15, -0.1) is 0 Å². The van der Waals surface area contributed by atoms with E-state index in [0.29, 0.717) is 0 Å². The smallest absolute Gasteiger partial charge is 0.124 e. The van der Waals surface area contributed by atoms with Crippen molar-refractivity contribution in [2.24, 2.45) is 5.10 Å². The van der Waals surface area contributed by atoms with Crippen LogP contribution in [0.25, 0.3) is 0 Å². The second-order valence-corrected chi connectivity index (χ2v) is 7.02. The monoisotopic (exact) mass is 371 g/mol. The zero-order chi connectivity index (χ0) is 19.2. The molecule has 1 N–H and O–H groups in total. The summed E-state index contributed by atoms with van der Waals surface area (Å²) in [6, 6.07) is 28.9. The quantitative estimate of drug-likeness (QED) is 0.686. The van der Waals surface area contributed by atoms with Crippen LogP contribution in [0.4, 0.5) is 0 Å². The Bertz CT molecular complexity index is 864. The molecule has 0 aliphatic carbocycles. The molecule has 0 atom stereocenters. The number of rotatable bonds is 5. The number of hydrogen-bond acceptors (Lipinski definition) is 4. The Morgan fingerprint density at radius 1 is 0.714 bits per heavy atom. The molecule has 4 heteroatoms. The first-order valence-electron chi connectivity index (χ1n) is 9.72. The van der Waals surface area contributed by atoms with Crippen molar-refractivity contribution in [3.8, 4) is 5.75 Å². The average molecular weight is 371 g/mol. The van der Waals surface area contributed by atoms with E-state index < -0.39 is 0 Å². The number of aromatic hydroxyl groups is 1. The SMILES string of the molecule is Oc1ccccc1C=NN1CCN(C(c2ccccc2)c2ccccc2)CC1. The van der Waals surface area contributed by atoms with Crippen LogP contribution in [-0.2, 0) is 0 Å². The van der Waals surface area contributed by atoms with Gasteiger partial charge in [0.1, 0.15) is 5.75 Å². The number of phenolic OH excluding ortho intramolecular Hbond substituents is 1. The number of hydrogen-bond donors (Lipinski definition) is 1. The van der Waals surface area contributed by atoms with E-state index in [1.54, 1.807) is 12.3 Å². The zero-order valence-electron chi connectivity index (χ0n) is 15.9. The van der Waals surface area contributed by atoms with Crippen LogP contribution in [0.2, 0.25) is 0 Å². The van der Waals surface area contributed by atoms with Crippen LogP contribution in [0.1, 0.15) is 22.7 Å². The van der Waals surface area contributed by atoms with Gasteiger partial charge < -0.3 is 5.11 Å². The topological polar surface area (TPSA) is 39.1 Å². The largest absolute Gasteiger partial charge is 0.507 e. The summed E-state index contributed by atoms with van der Waals surface area (Å²) in [5.74, 6) is 0.262. The Hall–Kier alpha value is -3.11. The molecule has 3 aromatic rings. The van der Waals surface area contributed by atoms with E-state index in [1.165, 1.54) is 11.1 Å². The second kappa shape index (κ2) is 8.72. The van der Waals surface area contributed by atoms with E-state index in [2.05, 4.69) is 75.7 Å². The molecule has 1 heterocycles. The van der Waals surface area contributed by atoms with Crippen molar-refractivity contribution in [1.29, 1.82) is 0 Å². The van der Waals surface area contributed by atoms with Gasteiger partial charge in [-0.3, -0.25) is 9.91 Å². The highest BCUT2D eigenvalue weighted by Gasteiger charge is 2.25. The van der Waals surface area contributed by atoms with Gasteiger partial charge in [-0.05, 0) is 23.3 Å². The molecular weight excluding hydrogens is 346 g/mol. The minimum Gasteiger partial charge on any atom is -0.507 e. The predicted molar refractivity (Wildman–Crippen MR) is 114 cm³/mol. The number of benzene rings is 3. The van der Waals surface area contributed by atoms with Gasteiger partial charge in [-0.2, -0.15) is 5.10 Å². The molecule has 1 saturated heterocycles. The second-order valence-electron chi connectivity index (χ2n) is 7.02. The van der Waals surface area contributed by atoms with E-state index in [-0.39, 0.29) is 11.8 Å². The van der Waals surface area contributed by atoms with E-state index in [0.717, 1.165) is 31.7 Å². The summed E-state index contributed by atoms with van der Waals surface area (Å²) in [5.41, 5.74) is 3.39. The van der Waals surface area contributed by atoms with Crippen molar-refractivity contribution < 1.29 is 5.11 Å². The Morgan fingerprint density at radius 2 is 1.25 bits per heavy atom. The predicted octanol–water partition coefficient (Wildman–Crippen LogP) is 4.13. The van der Waals surface area contributed by atoms with E-state index in [4.69, 9.17) is 0 Å². The van der Waals surface area contributed by atoms with Crippen LogP contribution in [0, 0.1) is 0 Å². The van der Waals surface area contributed by atoms with Crippen LogP contribution >= 0.6 is 0 Å². The fraction of sp³-hybridized carbons (Fsp3) is 0.208. The van der Waals surface area contributed by atoms with Crippen LogP contribution in [0.5, 0.6) is 5.75 Å². The Kier molecular flexibility index (Phi) is 5.69. The first-order valence-corrected chi connectivity index (χ1v) is 9.72. The highest BCUT2D eigenvalue weighted by atomic mass is 16.3. The van der Waals surface area contributed by atoms with Crippen LogP contribution in [0.15, 0.2) is 90.0 Å². The van der Waals surface area contributed by atoms with E-state index >= 15 is 0 Å². The Labute approximate surface area is 166 Å². The molecule has 1 aliphatic heterocycles. The Balaban J connectivity index is 1.47. The summed E-state index contributed by atoms with van der Waals surface area (Å²) in [4.78, 5) is 2.52. The lowest BCUT2D eigenvalue weighted by molar-refractivity contribution is 0.113. The third-order valence-electron chi connectivity index (χ3n) is 5.18. The summed E-state index contributed by atoms with van der Waals surface area (Å²) in [6.45, 7) is 3.60. The molecule has 28 heavy (non-hydrogen) atoms. The minimum absolute atomic E-state index is 0.256. The van der Waals surface area contributed by atoms with Crippen molar-refractivity contribution >= 4 is 6.21 Å². The molecule has 1 aliphatic rings. The third kappa shape index (κ3) is 4.24. The number of nitrogens with zero attached hydrogens (tertiary/aromatic N) is 3. The molecule has 0 spiro atoms. The molecule has 4 rings (SSSR count). The van der Waals surface area contributed by atoms with Crippen molar-refractivity contribution in [2.75, 3.05) is 26.2 Å². The highest BCUT2D eigenvalue weighted by Crippen LogP contribution is 2.29. The fourth-order valence-corrected chi connectivity index (χ4v) is 3.71. The van der Waals surface area contributed by atoms with Crippen LogP contribution in [0.3, 0.4) is 0 Å². The molecule has 0 radical (unpaired) electrons. The summed E-state index contributed by atoms with van der Waals surface area (Å²) < 4.78 is 0. The maximum atomic E-state index is 9.89. The van der Waals surface area contributed by atoms with Crippen molar-refractivity contribution in [1.82, 2.24) is 9.91 Å². The van der Waals surface area contributed by atoms with Gasteiger partial charge in [0, 0.05) is 31.7 Å². The van der Waals surface area contributed by atoms with Gasteiger partial charge in [0.15, 0.2) is 0 Å². The summed E-state index contributed by atoms with van der Waals surface area (Å²) >= 11 is 0. The van der Waals surface area contributed by atoms with Gasteiger partial charge >= 0.3 is 0 Å². The van der Waals surface area contributed by atoms with Crippen molar-refractivity contribution in [2.45, 2.75) is 6.04 Å². The highest BCUT2D eigenvalue weighted by molar-refractivity contribution is 5.82. The average Bonchev–Trinajstić information content (AvgIpc) is 2.76. The van der Waals surface area contributed by atoms with Crippen LogP contribution in [-0.4, -0.2) is 47.4 Å². The molecule has 1 fully saturated rings. The van der Waals surface area contributed by atoms with Crippen LogP contribution < -0.4 is 0 Å². The molecule has 0 bridgehead atoms. The van der Waals surface area contributed by atoms with E-state index in [9.17, 15) is 5.11 Å².